The fraction of sp³-hybridized carbons (Fsp3) is 0.300. The van der Waals surface area contributed by atoms with Crippen LogP contribution in [0.3, 0.4) is 0 Å². The Kier molecular flexibility index (Phi) is 6.85. The summed E-state index contributed by atoms with van der Waals surface area (Å²) in [7, 11) is 0. The predicted octanol–water partition coefficient (Wildman–Crippen LogP) is 4.60. The highest BCUT2D eigenvalue weighted by Crippen LogP contribution is 2.32. The number of benzene rings is 1. The Morgan fingerprint density at radius 2 is 1.97 bits per heavy atom. The van der Waals surface area contributed by atoms with Crippen molar-refractivity contribution in [3.63, 3.8) is 0 Å². The zero-order chi connectivity index (χ0) is 22.0. The van der Waals surface area contributed by atoms with Gasteiger partial charge >= 0.3 is 0 Å². The van der Waals surface area contributed by atoms with Crippen molar-refractivity contribution < 1.29 is 9.59 Å². The second kappa shape index (κ2) is 9.20. The first kappa shape index (κ1) is 22.3. The summed E-state index contributed by atoms with van der Waals surface area (Å²) in [5, 5.41) is 12.2. The molecule has 158 valence electrons. The molecule has 0 spiro atoms. The maximum atomic E-state index is 13.2. The van der Waals surface area contributed by atoms with Crippen molar-refractivity contribution in [1.29, 1.82) is 0 Å². The number of hydrogen-bond acceptors (Lipinski definition) is 5. The largest absolute Gasteiger partial charge is 0.350 e. The molecule has 10 heteroatoms. The highest BCUT2D eigenvalue weighted by molar-refractivity contribution is 6.66. The first-order valence-electron chi connectivity index (χ1n) is 9.22. The van der Waals surface area contributed by atoms with Gasteiger partial charge in [-0.2, -0.15) is 5.10 Å². The van der Waals surface area contributed by atoms with Crippen LogP contribution >= 0.6 is 34.8 Å². The molecule has 0 saturated carbocycles. The Hall–Kier alpha value is -2.35. The maximum Gasteiger partial charge on any atom is 0.253 e. The number of hydrogen-bond donors (Lipinski definition) is 2. The molecule has 1 aromatic carbocycles. The number of halogens is 3. The van der Waals surface area contributed by atoms with Gasteiger partial charge in [0.1, 0.15) is 11.2 Å². The molecule has 30 heavy (non-hydrogen) atoms. The molecule has 2 heterocycles. The Labute approximate surface area is 189 Å². The SMILES string of the molecule is Cc1cc(Cl)cc(C(=O)NC(C)C)c1NC(=O)C1CC(Cl)=NN1c1ncccc1Cl. The number of anilines is 2. The standard InChI is InChI=1S/C20H20Cl3N5O2/c1-10(2)25-19(29)13-8-12(21)7-11(3)17(13)26-20(30)15-9-16(23)27-28(15)18-14(22)5-4-6-24-18/h4-8,10,15H,9H2,1-3H3,(H,25,29)(H,26,30). The highest BCUT2D eigenvalue weighted by Gasteiger charge is 2.35. The van der Waals surface area contributed by atoms with Gasteiger partial charge in [-0.05, 0) is 50.6 Å². The van der Waals surface area contributed by atoms with Crippen molar-refractivity contribution in [2.75, 3.05) is 10.3 Å². The average Bonchev–Trinajstić information content (AvgIpc) is 3.05. The van der Waals surface area contributed by atoms with Crippen LogP contribution in [0.1, 0.15) is 36.2 Å². The highest BCUT2D eigenvalue weighted by atomic mass is 35.5. The van der Waals surface area contributed by atoms with Crippen molar-refractivity contribution in [3.05, 3.63) is 51.6 Å². The summed E-state index contributed by atoms with van der Waals surface area (Å²) in [4.78, 5) is 30.0. The van der Waals surface area contributed by atoms with Crippen molar-refractivity contribution in [3.8, 4) is 0 Å². The molecule has 1 aromatic heterocycles. The number of aromatic nitrogens is 1. The Bertz CT molecular complexity index is 1030. The molecule has 0 fully saturated rings. The zero-order valence-electron chi connectivity index (χ0n) is 16.5. The van der Waals surface area contributed by atoms with Crippen LogP contribution in [0.4, 0.5) is 11.5 Å². The topological polar surface area (TPSA) is 86.7 Å². The van der Waals surface area contributed by atoms with E-state index in [0.717, 1.165) is 0 Å². The lowest BCUT2D eigenvalue weighted by molar-refractivity contribution is -0.117. The third kappa shape index (κ3) is 4.86. The van der Waals surface area contributed by atoms with Crippen LogP contribution in [0.5, 0.6) is 0 Å². The number of nitrogens with zero attached hydrogens (tertiary/aromatic N) is 3. The lowest BCUT2D eigenvalue weighted by Crippen LogP contribution is -2.40. The van der Waals surface area contributed by atoms with Crippen LogP contribution in [0.15, 0.2) is 35.6 Å². The molecule has 3 rings (SSSR count). The lowest BCUT2D eigenvalue weighted by atomic mass is 10.1. The Morgan fingerprint density at radius 1 is 1.23 bits per heavy atom. The number of amides is 2. The van der Waals surface area contributed by atoms with Crippen molar-refractivity contribution in [2.45, 2.75) is 39.3 Å². The number of pyridine rings is 1. The van der Waals surface area contributed by atoms with Gasteiger partial charge in [0.25, 0.3) is 5.91 Å². The number of hydrazone groups is 1. The van der Waals surface area contributed by atoms with E-state index in [-0.39, 0.29) is 29.1 Å². The van der Waals surface area contributed by atoms with E-state index in [2.05, 4.69) is 20.7 Å². The van der Waals surface area contributed by atoms with Crippen molar-refractivity contribution in [1.82, 2.24) is 10.3 Å². The van der Waals surface area contributed by atoms with Gasteiger partial charge in [-0.3, -0.25) is 9.59 Å². The van der Waals surface area contributed by atoms with E-state index in [0.29, 0.717) is 27.1 Å². The Balaban J connectivity index is 1.92. The van der Waals surface area contributed by atoms with Gasteiger partial charge in [0, 0.05) is 23.7 Å². The van der Waals surface area contributed by atoms with Gasteiger partial charge in [0.2, 0.25) is 5.91 Å². The summed E-state index contributed by atoms with van der Waals surface area (Å²) >= 11 is 18.5. The van der Waals surface area contributed by atoms with Crippen LogP contribution < -0.4 is 15.6 Å². The van der Waals surface area contributed by atoms with Gasteiger partial charge in [-0.15, -0.1) is 0 Å². The van der Waals surface area contributed by atoms with Crippen molar-refractivity contribution >= 4 is 63.3 Å². The normalized spacial score (nSPS) is 15.9. The van der Waals surface area contributed by atoms with E-state index in [1.165, 1.54) is 11.1 Å². The number of aryl methyl sites for hydroxylation is 1. The van der Waals surface area contributed by atoms with E-state index in [1.54, 1.807) is 31.3 Å². The molecule has 2 N–H and O–H groups in total. The fourth-order valence-electron chi connectivity index (χ4n) is 3.05. The minimum absolute atomic E-state index is 0.0795. The molecule has 0 aliphatic carbocycles. The summed E-state index contributed by atoms with van der Waals surface area (Å²) in [5.74, 6) is -0.420. The summed E-state index contributed by atoms with van der Waals surface area (Å²) in [6.45, 7) is 5.46. The summed E-state index contributed by atoms with van der Waals surface area (Å²) in [6, 6.07) is 5.67. The number of rotatable bonds is 5. The lowest BCUT2D eigenvalue weighted by Gasteiger charge is -2.23. The Morgan fingerprint density at radius 3 is 2.63 bits per heavy atom. The molecule has 0 radical (unpaired) electrons. The molecule has 0 saturated heterocycles. The molecule has 1 unspecified atom stereocenters. The molecule has 2 amide bonds. The monoisotopic (exact) mass is 467 g/mol. The number of carbonyl (C=O) groups excluding carboxylic acids is 2. The summed E-state index contributed by atoms with van der Waals surface area (Å²) in [6.07, 6.45) is 1.73. The number of carbonyl (C=O) groups is 2. The molecular formula is C20H20Cl3N5O2. The van der Waals surface area contributed by atoms with Crippen LogP contribution in [-0.2, 0) is 4.79 Å². The fourth-order valence-corrected chi connectivity index (χ4v) is 3.76. The molecule has 1 aliphatic heterocycles. The minimum Gasteiger partial charge on any atom is -0.350 e. The van der Waals surface area contributed by atoms with E-state index < -0.39 is 11.9 Å². The van der Waals surface area contributed by atoms with Gasteiger partial charge < -0.3 is 10.6 Å². The maximum absolute atomic E-state index is 13.2. The van der Waals surface area contributed by atoms with E-state index in [9.17, 15) is 9.59 Å². The van der Waals surface area contributed by atoms with Crippen LogP contribution in [-0.4, -0.2) is 34.1 Å². The zero-order valence-corrected chi connectivity index (χ0v) is 18.8. The van der Waals surface area contributed by atoms with E-state index in [4.69, 9.17) is 34.8 Å². The van der Waals surface area contributed by atoms with Gasteiger partial charge in [-0.25, -0.2) is 9.99 Å². The van der Waals surface area contributed by atoms with E-state index >= 15 is 0 Å². The first-order valence-corrected chi connectivity index (χ1v) is 10.4. The molecule has 0 bridgehead atoms. The van der Waals surface area contributed by atoms with Gasteiger partial charge in [0.05, 0.1) is 16.3 Å². The third-order valence-electron chi connectivity index (χ3n) is 4.34. The third-order valence-corrected chi connectivity index (χ3v) is 5.09. The smallest absolute Gasteiger partial charge is 0.253 e. The second-order valence-corrected chi connectivity index (χ2v) is 8.39. The molecule has 1 aliphatic rings. The second-order valence-electron chi connectivity index (χ2n) is 7.11. The van der Waals surface area contributed by atoms with E-state index in [1.807, 2.05) is 13.8 Å². The van der Waals surface area contributed by atoms with Gasteiger partial charge in [-0.1, -0.05) is 34.8 Å². The average molecular weight is 469 g/mol. The minimum atomic E-state index is -0.777. The van der Waals surface area contributed by atoms with Crippen LogP contribution in [0.2, 0.25) is 10.0 Å². The predicted molar refractivity (Wildman–Crippen MR) is 121 cm³/mol. The molecule has 1 atom stereocenters. The molecule has 2 aromatic rings. The molecular weight excluding hydrogens is 449 g/mol. The quantitative estimate of drug-likeness (QED) is 0.671. The van der Waals surface area contributed by atoms with Crippen molar-refractivity contribution in [2.24, 2.45) is 5.10 Å². The van der Waals surface area contributed by atoms with Crippen LogP contribution in [0, 0.1) is 6.92 Å². The first-order chi connectivity index (χ1) is 14.2. The number of nitrogens with one attached hydrogen (secondary N) is 2. The summed E-state index contributed by atoms with van der Waals surface area (Å²) in [5.41, 5.74) is 1.30. The van der Waals surface area contributed by atoms with Crippen LogP contribution in [0.25, 0.3) is 0 Å². The van der Waals surface area contributed by atoms with Gasteiger partial charge in [0.15, 0.2) is 5.82 Å². The summed E-state index contributed by atoms with van der Waals surface area (Å²) < 4.78 is 0. The molecule has 7 nitrogen and oxygen atoms in total.